The maximum Gasteiger partial charge on any atom is 0.438 e. The van der Waals surface area contributed by atoms with Gasteiger partial charge in [0.1, 0.15) is 6.61 Å². The summed E-state index contributed by atoms with van der Waals surface area (Å²) in [5.41, 5.74) is -0.870. The maximum absolute atomic E-state index is 13.7. The first kappa shape index (κ1) is 29.4. The van der Waals surface area contributed by atoms with Crippen LogP contribution in [0.1, 0.15) is 59.5 Å². The molecule has 0 saturated heterocycles. The van der Waals surface area contributed by atoms with E-state index in [4.69, 9.17) is 21.1 Å². The Morgan fingerprint density at radius 3 is 1.85 bits per heavy atom. The number of carbonyl (C=O) groups is 4. The van der Waals surface area contributed by atoms with Gasteiger partial charge in [-0.2, -0.15) is 0 Å². The Bertz CT molecular complexity index is 1290. The zero-order chi connectivity index (χ0) is 28.6. The summed E-state index contributed by atoms with van der Waals surface area (Å²) < 4.78 is 10.3. The first-order chi connectivity index (χ1) is 18.5. The lowest BCUT2D eigenvalue weighted by Gasteiger charge is -2.41. The monoisotopic (exact) mass is 550 g/mol. The molecule has 1 atom stereocenters. The van der Waals surface area contributed by atoms with Crippen molar-refractivity contribution in [1.82, 2.24) is 10.0 Å². The van der Waals surface area contributed by atoms with Gasteiger partial charge in [0.2, 0.25) is 0 Å². The smallest absolute Gasteiger partial charge is 0.438 e. The van der Waals surface area contributed by atoms with E-state index in [9.17, 15) is 19.2 Å². The summed E-state index contributed by atoms with van der Waals surface area (Å²) in [6.45, 7) is 6.86. The van der Waals surface area contributed by atoms with Gasteiger partial charge in [0.05, 0.1) is 5.54 Å². The minimum absolute atomic E-state index is 0.0898. The molecule has 0 saturated carbocycles. The molecule has 9 heteroatoms. The van der Waals surface area contributed by atoms with Crippen LogP contribution >= 0.6 is 11.6 Å². The number of aryl methyl sites for hydroxylation is 1. The molecule has 0 bridgehead atoms. The Balaban J connectivity index is 1.93. The highest BCUT2D eigenvalue weighted by atomic mass is 35.5. The largest absolute Gasteiger partial charge is 0.457 e. The van der Waals surface area contributed by atoms with Gasteiger partial charge in [-0.25, -0.2) is 14.6 Å². The summed E-state index contributed by atoms with van der Waals surface area (Å²) in [4.78, 5) is 53.4. The van der Waals surface area contributed by atoms with Crippen LogP contribution in [0.25, 0.3) is 0 Å². The summed E-state index contributed by atoms with van der Waals surface area (Å²) in [5.74, 6) is -2.48. The van der Waals surface area contributed by atoms with Crippen LogP contribution in [0.4, 0.5) is 4.79 Å². The van der Waals surface area contributed by atoms with Crippen LogP contribution in [0.3, 0.4) is 0 Å². The third kappa shape index (κ3) is 7.67. The van der Waals surface area contributed by atoms with E-state index in [1.807, 2.05) is 13.0 Å². The van der Waals surface area contributed by atoms with E-state index in [1.54, 1.807) is 99.6 Å². The van der Waals surface area contributed by atoms with Crippen LogP contribution < -0.4 is 0 Å². The zero-order valence-electron chi connectivity index (χ0n) is 22.3. The number of hydrazine groups is 1. The van der Waals surface area contributed by atoms with Crippen molar-refractivity contribution in [3.63, 3.8) is 0 Å². The van der Waals surface area contributed by atoms with E-state index in [2.05, 4.69) is 0 Å². The van der Waals surface area contributed by atoms with Crippen LogP contribution in [0.5, 0.6) is 0 Å². The average Bonchev–Trinajstić information content (AvgIpc) is 2.94. The molecule has 0 aromatic heterocycles. The van der Waals surface area contributed by atoms with Gasteiger partial charge in [-0.05, 0) is 62.6 Å². The number of imide groups is 1. The molecule has 1 unspecified atom stereocenters. The lowest BCUT2D eigenvalue weighted by Crippen LogP contribution is -2.60. The number of halogens is 1. The molecule has 8 nitrogen and oxygen atoms in total. The molecule has 0 N–H and O–H groups in total. The van der Waals surface area contributed by atoms with E-state index in [0.717, 1.165) is 17.0 Å². The molecule has 3 amide bonds. The van der Waals surface area contributed by atoms with E-state index in [0.29, 0.717) is 10.6 Å². The number of hydrogen-bond donors (Lipinski definition) is 0. The molecular weight excluding hydrogens is 520 g/mol. The van der Waals surface area contributed by atoms with Crippen molar-refractivity contribution in [2.24, 2.45) is 0 Å². The van der Waals surface area contributed by atoms with Crippen molar-refractivity contribution in [1.29, 1.82) is 0 Å². The first-order valence-corrected chi connectivity index (χ1v) is 12.8. The maximum atomic E-state index is 13.7. The molecule has 39 heavy (non-hydrogen) atoms. The Hall–Kier alpha value is -4.17. The van der Waals surface area contributed by atoms with Crippen molar-refractivity contribution in [2.75, 3.05) is 0 Å². The van der Waals surface area contributed by atoms with Gasteiger partial charge >= 0.3 is 12.1 Å². The summed E-state index contributed by atoms with van der Waals surface area (Å²) >= 11 is 6.08. The molecule has 0 aliphatic rings. The summed E-state index contributed by atoms with van der Waals surface area (Å²) in [6, 6.07) is 23.7. The highest BCUT2D eigenvalue weighted by Crippen LogP contribution is 2.24. The second-order valence-corrected chi connectivity index (χ2v) is 10.0. The van der Waals surface area contributed by atoms with Crippen molar-refractivity contribution >= 4 is 35.5 Å². The summed E-state index contributed by atoms with van der Waals surface area (Å²) in [6.07, 6.45) is -0.560. The van der Waals surface area contributed by atoms with Gasteiger partial charge in [0.15, 0.2) is 0 Å². The molecule has 3 aromatic rings. The van der Waals surface area contributed by atoms with Gasteiger partial charge in [-0.1, -0.05) is 79.2 Å². The highest BCUT2D eigenvalue weighted by Gasteiger charge is 2.42. The molecule has 204 valence electrons. The highest BCUT2D eigenvalue weighted by molar-refractivity contribution is 6.29. The summed E-state index contributed by atoms with van der Waals surface area (Å²) in [7, 11) is 0. The number of benzene rings is 3. The second kappa shape index (κ2) is 13.1. The zero-order valence-corrected chi connectivity index (χ0v) is 23.1. The molecular formula is C30H31ClN2O6. The third-order valence-electron chi connectivity index (χ3n) is 5.64. The standard InChI is InChI=1S/C30H31ClN2O6/c1-5-21-16-18-24(19-17-21)26(34)32(33(30(2,3)4)27(35)23-14-10-7-11-15-23)29(37)39-25(31)28(36)38-20-22-12-8-6-9-13-22/h6-19,25H,5,20H2,1-4H3. The Kier molecular flexibility index (Phi) is 9.84. The molecule has 0 aliphatic carbocycles. The molecule has 3 rings (SSSR count). The van der Waals surface area contributed by atoms with Crippen molar-refractivity contribution in [3.05, 3.63) is 107 Å². The lowest BCUT2D eigenvalue weighted by molar-refractivity contribution is -0.151. The van der Waals surface area contributed by atoms with Gasteiger partial charge in [0.25, 0.3) is 17.4 Å². The number of rotatable bonds is 7. The fourth-order valence-corrected chi connectivity index (χ4v) is 3.78. The number of esters is 1. The van der Waals surface area contributed by atoms with Crippen LogP contribution in [-0.2, 0) is 27.3 Å². The number of hydrogen-bond acceptors (Lipinski definition) is 6. The van der Waals surface area contributed by atoms with Crippen LogP contribution in [0.15, 0.2) is 84.9 Å². The number of carbonyl (C=O) groups excluding carboxylic acids is 4. The van der Waals surface area contributed by atoms with Crippen LogP contribution in [0.2, 0.25) is 0 Å². The van der Waals surface area contributed by atoms with Crippen LogP contribution in [-0.4, -0.2) is 45.0 Å². The van der Waals surface area contributed by atoms with Crippen molar-refractivity contribution in [2.45, 2.75) is 51.8 Å². The number of nitrogens with zero attached hydrogens (tertiary/aromatic N) is 2. The minimum atomic E-state index is -1.87. The fraction of sp³-hybridized carbons (Fsp3) is 0.267. The number of amides is 3. The SMILES string of the molecule is CCc1ccc(C(=O)N(C(=O)OC(Cl)C(=O)OCc2ccccc2)N(C(=O)c2ccccc2)C(C)(C)C)cc1. The number of alkyl halides is 1. The Labute approximate surface area is 233 Å². The fourth-order valence-electron chi connectivity index (χ4n) is 3.64. The Morgan fingerprint density at radius 2 is 1.31 bits per heavy atom. The molecule has 3 aromatic carbocycles. The van der Waals surface area contributed by atoms with Gasteiger partial charge in [-0.15, -0.1) is 5.01 Å². The minimum Gasteiger partial charge on any atom is -0.457 e. The topological polar surface area (TPSA) is 93.2 Å². The third-order valence-corrected chi connectivity index (χ3v) is 5.90. The van der Waals surface area contributed by atoms with E-state index >= 15 is 0 Å². The predicted molar refractivity (Wildman–Crippen MR) is 147 cm³/mol. The summed E-state index contributed by atoms with van der Waals surface area (Å²) in [5, 5.41) is 1.58. The van der Waals surface area contributed by atoms with Gasteiger partial charge < -0.3 is 9.47 Å². The van der Waals surface area contributed by atoms with E-state index < -0.39 is 35.0 Å². The van der Waals surface area contributed by atoms with E-state index in [-0.39, 0.29) is 17.7 Å². The average molecular weight is 551 g/mol. The molecule has 0 heterocycles. The molecule has 0 spiro atoms. The molecule has 0 fully saturated rings. The lowest BCUT2D eigenvalue weighted by atomic mass is 10.1. The van der Waals surface area contributed by atoms with E-state index in [1.165, 1.54) is 0 Å². The second-order valence-electron chi connectivity index (χ2n) is 9.61. The quantitative estimate of drug-likeness (QED) is 0.204. The Morgan fingerprint density at radius 1 is 0.769 bits per heavy atom. The van der Waals surface area contributed by atoms with Crippen molar-refractivity contribution in [3.8, 4) is 0 Å². The normalized spacial score (nSPS) is 11.7. The molecule has 0 aliphatic heterocycles. The van der Waals surface area contributed by atoms with Gasteiger partial charge in [-0.3, -0.25) is 9.59 Å². The predicted octanol–water partition coefficient (Wildman–Crippen LogP) is 5.99. The van der Waals surface area contributed by atoms with Crippen LogP contribution in [0, 0.1) is 0 Å². The molecule has 0 radical (unpaired) electrons. The number of ether oxygens (including phenoxy) is 2. The van der Waals surface area contributed by atoms with Crippen molar-refractivity contribution < 1.29 is 28.7 Å². The van der Waals surface area contributed by atoms with Gasteiger partial charge in [0, 0.05) is 11.1 Å². The first-order valence-electron chi connectivity index (χ1n) is 12.4.